The first-order valence-electron chi connectivity index (χ1n) is 7.00. The summed E-state index contributed by atoms with van der Waals surface area (Å²) in [5.74, 6) is -1.14. The number of nitrogens with one attached hydrogen (secondary N) is 2. The summed E-state index contributed by atoms with van der Waals surface area (Å²) >= 11 is 0. The van der Waals surface area contributed by atoms with Crippen LogP contribution >= 0.6 is 0 Å². The zero-order valence-electron chi connectivity index (χ0n) is 12.1. The van der Waals surface area contributed by atoms with Gasteiger partial charge in [0.2, 0.25) is 11.8 Å². The first-order valence-corrected chi connectivity index (χ1v) is 7.00. The number of carboxylic acid groups (broad SMARTS) is 1. The predicted molar refractivity (Wildman–Crippen MR) is 78.5 cm³/mol. The van der Waals surface area contributed by atoms with Gasteiger partial charge in [0.25, 0.3) is 5.56 Å². The molecule has 0 aliphatic heterocycles. The average molecular weight is 298 g/mol. The quantitative estimate of drug-likeness (QED) is 0.416. The van der Waals surface area contributed by atoms with Gasteiger partial charge in [0.15, 0.2) is 0 Å². The summed E-state index contributed by atoms with van der Waals surface area (Å²) in [6.07, 6.45) is 3.03. The van der Waals surface area contributed by atoms with Crippen LogP contribution in [0.2, 0.25) is 0 Å². The lowest BCUT2D eigenvalue weighted by atomic mass is 10.1. The van der Waals surface area contributed by atoms with Crippen LogP contribution in [0.5, 0.6) is 5.88 Å². The zero-order chi connectivity index (χ0) is 15.8. The minimum Gasteiger partial charge on any atom is -0.493 e. The average Bonchev–Trinajstić information content (AvgIpc) is 2.42. The number of aromatic hydroxyl groups is 1. The van der Waals surface area contributed by atoms with E-state index in [0.717, 1.165) is 12.8 Å². The Morgan fingerprint density at radius 2 is 2.19 bits per heavy atom. The zero-order valence-corrected chi connectivity index (χ0v) is 12.1. The van der Waals surface area contributed by atoms with Crippen LogP contribution in [0.4, 0.5) is 5.95 Å². The van der Waals surface area contributed by atoms with Crippen molar-refractivity contribution in [3.63, 3.8) is 0 Å². The van der Waals surface area contributed by atoms with E-state index in [9.17, 15) is 14.7 Å². The van der Waals surface area contributed by atoms with Crippen molar-refractivity contribution in [2.45, 2.75) is 45.1 Å². The van der Waals surface area contributed by atoms with Crippen LogP contribution in [0.25, 0.3) is 0 Å². The topological polar surface area (TPSA) is 141 Å². The molecule has 0 spiro atoms. The van der Waals surface area contributed by atoms with Crippen LogP contribution < -0.4 is 16.6 Å². The van der Waals surface area contributed by atoms with Gasteiger partial charge in [-0.15, -0.1) is 0 Å². The fraction of sp³-hybridized carbons (Fsp3) is 0.615. The normalized spacial score (nSPS) is 12.1. The van der Waals surface area contributed by atoms with Crippen LogP contribution in [0.15, 0.2) is 4.79 Å². The van der Waals surface area contributed by atoms with E-state index in [1.807, 2.05) is 6.92 Å². The Bertz CT molecular complexity index is 529. The summed E-state index contributed by atoms with van der Waals surface area (Å²) in [5.41, 5.74) is 5.30. The molecule has 0 fully saturated rings. The Labute approximate surface area is 122 Å². The molecule has 118 valence electrons. The van der Waals surface area contributed by atoms with Crippen molar-refractivity contribution in [3.8, 4) is 5.88 Å². The molecule has 1 aromatic rings. The highest BCUT2D eigenvalue weighted by atomic mass is 16.4. The second-order valence-corrected chi connectivity index (χ2v) is 4.83. The minimum atomic E-state index is -1.04. The SMILES string of the molecule is CCCCc1c(O)nc(NCCC[C@H](N)C(=O)O)[nH]c1=O. The monoisotopic (exact) mass is 298 g/mol. The van der Waals surface area contributed by atoms with Crippen LogP contribution in [-0.2, 0) is 11.2 Å². The van der Waals surface area contributed by atoms with E-state index in [-0.39, 0.29) is 23.0 Å². The Balaban J connectivity index is 2.53. The lowest BCUT2D eigenvalue weighted by Gasteiger charge is -2.09. The van der Waals surface area contributed by atoms with Gasteiger partial charge < -0.3 is 21.3 Å². The number of nitrogens with two attached hydrogens (primary N) is 1. The van der Waals surface area contributed by atoms with E-state index in [0.29, 0.717) is 25.8 Å². The van der Waals surface area contributed by atoms with E-state index >= 15 is 0 Å². The van der Waals surface area contributed by atoms with Crippen LogP contribution in [0.3, 0.4) is 0 Å². The number of rotatable bonds is 9. The van der Waals surface area contributed by atoms with Crippen molar-refractivity contribution in [1.82, 2.24) is 9.97 Å². The van der Waals surface area contributed by atoms with Crippen LogP contribution in [-0.4, -0.2) is 38.7 Å². The summed E-state index contributed by atoms with van der Waals surface area (Å²) < 4.78 is 0. The molecule has 0 amide bonds. The molecule has 0 unspecified atom stereocenters. The molecule has 0 saturated carbocycles. The number of aromatic nitrogens is 2. The van der Waals surface area contributed by atoms with Crippen molar-refractivity contribution in [2.75, 3.05) is 11.9 Å². The Hall–Kier alpha value is -2.09. The number of hydrogen-bond donors (Lipinski definition) is 5. The van der Waals surface area contributed by atoms with Gasteiger partial charge in [-0.2, -0.15) is 4.98 Å². The van der Waals surface area contributed by atoms with E-state index in [1.165, 1.54) is 0 Å². The molecule has 1 heterocycles. The number of anilines is 1. The molecular weight excluding hydrogens is 276 g/mol. The van der Waals surface area contributed by atoms with Crippen molar-refractivity contribution in [2.24, 2.45) is 5.73 Å². The maximum Gasteiger partial charge on any atom is 0.320 e. The number of carboxylic acids is 1. The van der Waals surface area contributed by atoms with Gasteiger partial charge in [0, 0.05) is 6.54 Å². The van der Waals surface area contributed by atoms with Crippen molar-refractivity contribution < 1.29 is 15.0 Å². The van der Waals surface area contributed by atoms with Crippen molar-refractivity contribution in [1.29, 1.82) is 0 Å². The van der Waals surface area contributed by atoms with Gasteiger partial charge >= 0.3 is 5.97 Å². The van der Waals surface area contributed by atoms with Gasteiger partial charge in [-0.05, 0) is 25.7 Å². The molecule has 21 heavy (non-hydrogen) atoms. The molecule has 0 bridgehead atoms. The number of carbonyl (C=O) groups is 1. The molecule has 1 rings (SSSR count). The highest BCUT2D eigenvalue weighted by Crippen LogP contribution is 2.13. The summed E-state index contributed by atoms with van der Waals surface area (Å²) in [4.78, 5) is 28.8. The maximum absolute atomic E-state index is 11.8. The first kappa shape index (κ1) is 17.0. The molecular formula is C13H22N4O4. The van der Waals surface area contributed by atoms with Crippen LogP contribution in [0.1, 0.15) is 38.2 Å². The molecule has 8 heteroatoms. The Kier molecular flexibility index (Phi) is 6.67. The fourth-order valence-electron chi connectivity index (χ4n) is 1.80. The summed E-state index contributed by atoms with van der Waals surface area (Å²) in [6.45, 7) is 2.40. The maximum atomic E-state index is 11.8. The third-order valence-corrected chi connectivity index (χ3v) is 3.08. The van der Waals surface area contributed by atoms with Gasteiger partial charge in [0.1, 0.15) is 6.04 Å². The standard InChI is InChI=1S/C13H22N4O4/c1-2-3-5-8-10(18)16-13(17-11(8)19)15-7-4-6-9(14)12(20)21/h9H,2-7,14H2,1H3,(H,20,21)(H3,15,16,17,18,19)/t9-/m0/s1. The largest absolute Gasteiger partial charge is 0.493 e. The number of H-pyrrole nitrogens is 1. The van der Waals surface area contributed by atoms with Gasteiger partial charge in [-0.3, -0.25) is 14.6 Å². The highest BCUT2D eigenvalue weighted by molar-refractivity contribution is 5.72. The first-order chi connectivity index (χ1) is 9.95. The number of aromatic amines is 1. The summed E-state index contributed by atoms with van der Waals surface area (Å²) in [5, 5.41) is 21.2. The fourth-order valence-corrected chi connectivity index (χ4v) is 1.80. The second-order valence-electron chi connectivity index (χ2n) is 4.83. The lowest BCUT2D eigenvalue weighted by molar-refractivity contribution is -0.138. The lowest BCUT2D eigenvalue weighted by Crippen LogP contribution is -2.30. The molecule has 0 aliphatic rings. The van der Waals surface area contributed by atoms with Crippen LogP contribution in [0, 0.1) is 0 Å². The molecule has 0 aliphatic carbocycles. The summed E-state index contributed by atoms with van der Waals surface area (Å²) in [7, 11) is 0. The van der Waals surface area contributed by atoms with Crippen molar-refractivity contribution in [3.05, 3.63) is 15.9 Å². The molecule has 1 aromatic heterocycles. The number of nitrogens with zero attached hydrogens (tertiary/aromatic N) is 1. The third-order valence-electron chi connectivity index (χ3n) is 3.08. The molecule has 1 atom stereocenters. The molecule has 8 nitrogen and oxygen atoms in total. The van der Waals surface area contributed by atoms with Crippen molar-refractivity contribution >= 4 is 11.9 Å². The van der Waals surface area contributed by atoms with Gasteiger partial charge in [-0.1, -0.05) is 13.3 Å². The van der Waals surface area contributed by atoms with Gasteiger partial charge in [-0.25, -0.2) is 0 Å². The number of unbranched alkanes of at least 4 members (excludes halogenated alkanes) is 1. The molecule has 0 aromatic carbocycles. The molecule has 0 saturated heterocycles. The van der Waals surface area contributed by atoms with Gasteiger partial charge in [0.05, 0.1) is 5.56 Å². The number of aliphatic carboxylic acids is 1. The second kappa shape index (κ2) is 8.25. The minimum absolute atomic E-state index is 0.168. The number of hydrogen-bond acceptors (Lipinski definition) is 6. The Morgan fingerprint density at radius 1 is 1.48 bits per heavy atom. The van der Waals surface area contributed by atoms with E-state index in [2.05, 4.69) is 15.3 Å². The highest BCUT2D eigenvalue weighted by Gasteiger charge is 2.12. The third kappa shape index (κ3) is 5.42. The molecule has 0 radical (unpaired) electrons. The predicted octanol–water partition coefficient (Wildman–Crippen LogP) is 0.422. The molecule has 6 N–H and O–H groups in total. The van der Waals surface area contributed by atoms with E-state index < -0.39 is 12.0 Å². The van der Waals surface area contributed by atoms with E-state index in [1.54, 1.807) is 0 Å². The Morgan fingerprint density at radius 3 is 2.76 bits per heavy atom. The summed E-state index contributed by atoms with van der Waals surface area (Å²) in [6, 6.07) is -0.899. The smallest absolute Gasteiger partial charge is 0.320 e. The van der Waals surface area contributed by atoms with E-state index in [4.69, 9.17) is 10.8 Å².